The Morgan fingerprint density at radius 2 is 2.50 bits per heavy atom. The minimum atomic E-state index is 0.583. The lowest BCUT2D eigenvalue weighted by atomic mass is 10.2. The summed E-state index contributed by atoms with van der Waals surface area (Å²) in [6, 6.07) is 0. The fraction of sp³-hybridized carbons (Fsp3) is 1.00. The van der Waals surface area contributed by atoms with Crippen molar-refractivity contribution in [2.45, 2.75) is 30.7 Å². The zero-order valence-electron chi connectivity index (χ0n) is 5.06. The van der Waals surface area contributed by atoms with E-state index in [0.29, 0.717) is 10.9 Å². The van der Waals surface area contributed by atoms with E-state index >= 15 is 0 Å². The third-order valence-electron chi connectivity index (χ3n) is 1.36. The quantitative estimate of drug-likeness (QED) is 0.476. The summed E-state index contributed by atoms with van der Waals surface area (Å²) in [5, 5.41) is 0. The second-order valence-corrected chi connectivity index (χ2v) is 3.49. The maximum atomic E-state index is 5.05. The Hall–Kier alpha value is 0.440. The molecular formula is C6H11BrO. The molecule has 0 bridgehead atoms. The van der Waals surface area contributed by atoms with Crippen molar-refractivity contribution in [2.75, 3.05) is 6.61 Å². The van der Waals surface area contributed by atoms with Crippen LogP contribution in [0.2, 0.25) is 0 Å². The van der Waals surface area contributed by atoms with E-state index in [1.54, 1.807) is 0 Å². The van der Waals surface area contributed by atoms with Crippen LogP contribution >= 0.6 is 15.9 Å². The van der Waals surface area contributed by atoms with Crippen LogP contribution in [0, 0.1) is 0 Å². The molecule has 1 heterocycles. The molecule has 0 aromatic rings. The summed E-state index contributed by atoms with van der Waals surface area (Å²) >= 11 is 3.54. The second-order valence-electron chi connectivity index (χ2n) is 2.20. The van der Waals surface area contributed by atoms with Gasteiger partial charge in [-0.1, -0.05) is 22.9 Å². The summed E-state index contributed by atoms with van der Waals surface area (Å²) in [4.78, 5) is 0.676. The Morgan fingerprint density at radius 3 is 2.88 bits per heavy atom. The minimum Gasteiger partial charge on any atom is -0.373 e. The molecule has 0 spiro atoms. The highest BCUT2D eigenvalue weighted by atomic mass is 79.9. The Bertz CT molecular complexity index is 70.9. The lowest BCUT2D eigenvalue weighted by molar-refractivity contribution is 0.394. The fourth-order valence-corrected chi connectivity index (χ4v) is 1.07. The third-order valence-corrected chi connectivity index (χ3v) is 2.39. The van der Waals surface area contributed by atoms with Gasteiger partial charge < -0.3 is 4.74 Å². The van der Waals surface area contributed by atoms with E-state index in [4.69, 9.17) is 4.74 Å². The van der Waals surface area contributed by atoms with E-state index in [-0.39, 0.29) is 0 Å². The second kappa shape index (κ2) is 2.83. The van der Waals surface area contributed by atoms with Crippen molar-refractivity contribution in [2.24, 2.45) is 0 Å². The first kappa shape index (κ1) is 6.56. The molecule has 48 valence electrons. The normalized spacial score (nSPS) is 30.0. The van der Waals surface area contributed by atoms with Gasteiger partial charge >= 0.3 is 0 Å². The van der Waals surface area contributed by atoms with Crippen molar-refractivity contribution in [3.8, 4) is 0 Å². The SMILES string of the molecule is CCC(Br)CC1CO1. The molecule has 0 amide bonds. The maximum Gasteiger partial charge on any atom is 0.0820 e. The summed E-state index contributed by atoms with van der Waals surface area (Å²) in [5.74, 6) is 0. The largest absolute Gasteiger partial charge is 0.373 e. The lowest BCUT2D eigenvalue weighted by Gasteiger charge is -2.00. The van der Waals surface area contributed by atoms with Gasteiger partial charge in [-0.05, 0) is 12.8 Å². The number of hydrogen-bond acceptors (Lipinski definition) is 1. The van der Waals surface area contributed by atoms with Gasteiger partial charge in [0.2, 0.25) is 0 Å². The van der Waals surface area contributed by atoms with Gasteiger partial charge in [-0.15, -0.1) is 0 Å². The van der Waals surface area contributed by atoms with Crippen LogP contribution in [0.5, 0.6) is 0 Å². The summed E-state index contributed by atoms with van der Waals surface area (Å²) in [6.07, 6.45) is 2.98. The van der Waals surface area contributed by atoms with Crippen LogP contribution in [0.1, 0.15) is 19.8 Å². The number of epoxide rings is 1. The smallest absolute Gasteiger partial charge is 0.0820 e. The average molecular weight is 179 g/mol. The first-order chi connectivity index (χ1) is 3.83. The molecule has 8 heavy (non-hydrogen) atoms. The van der Waals surface area contributed by atoms with Gasteiger partial charge in [0.25, 0.3) is 0 Å². The number of hydrogen-bond donors (Lipinski definition) is 0. The monoisotopic (exact) mass is 178 g/mol. The van der Waals surface area contributed by atoms with Gasteiger partial charge in [-0.3, -0.25) is 0 Å². The summed E-state index contributed by atoms with van der Waals surface area (Å²) in [6.45, 7) is 3.17. The number of rotatable bonds is 3. The highest BCUT2D eigenvalue weighted by Crippen LogP contribution is 2.21. The Kier molecular flexibility index (Phi) is 2.32. The average Bonchev–Trinajstić information content (AvgIpc) is 2.50. The Balaban J connectivity index is 1.98. The summed E-state index contributed by atoms with van der Waals surface area (Å²) in [5.41, 5.74) is 0. The van der Waals surface area contributed by atoms with Crippen LogP contribution in [0.3, 0.4) is 0 Å². The van der Waals surface area contributed by atoms with E-state index in [9.17, 15) is 0 Å². The molecule has 0 radical (unpaired) electrons. The van der Waals surface area contributed by atoms with E-state index in [1.165, 1.54) is 12.8 Å². The van der Waals surface area contributed by atoms with Crippen LogP contribution in [0.25, 0.3) is 0 Å². The van der Waals surface area contributed by atoms with E-state index in [2.05, 4.69) is 22.9 Å². The predicted octanol–water partition coefficient (Wildman–Crippen LogP) is 1.95. The van der Waals surface area contributed by atoms with Crippen LogP contribution < -0.4 is 0 Å². The molecule has 0 aliphatic carbocycles. The van der Waals surface area contributed by atoms with Gasteiger partial charge in [0, 0.05) is 4.83 Å². The summed E-state index contributed by atoms with van der Waals surface area (Å²) in [7, 11) is 0. The van der Waals surface area contributed by atoms with Crippen molar-refractivity contribution in [3.05, 3.63) is 0 Å². The minimum absolute atomic E-state index is 0.583. The first-order valence-electron chi connectivity index (χ1n) is 3.08. The molecule has 2 heteroatoms. The van der Waals surface area contributed by atoms with Crippen LogP contribution in [0.15, 0.2) is 0 Å². The van der Waals surface area contributed by atoms with Crippen LogP contribution in [0.4, 0.5) is 0 Å². The van der Waals surface area contributed by atoms with Crippen LogP contribution in [-0.2, 0) is 4.74 Å². The standard InChI is InChI=1S/C6H11BrO/c1-2-5(7)3-6-4-8-6/h5-6H,2-4H2,1H3. The number of halogens is 1. The highest BCUT2D eigenvalue weighted by molar-refractivity contribution is 9.09. The zero-order chi connectivity index (χ0) is 5.98. The first-order valence-corrected chi connectivity index (χ1v) is 4.00. The molecule has 1 nitrogen and oxygen atoms in total. The Labute approximate surface area is 58.5 Å². The van der Waals surface area contributed by atoms with E-state index in [0.717, 1.165) is 6.61 Å². The number of ether oxygens (including phenoxy) is 1. The molecule has 1 aliphatic heterocycles. The molecule has 2 atom stereocenters. The molecule has 1 aliphatic rings. The molecule has 0 aromatic heterocycles. The highest BCUT2D eigenvalue weighted by Gasteiger charge is 2.24. The van der Waals surface area contributed by atoms with Gasteiger partial charge in [0.05, 0.1) is 12.7 Å². The summed E-state index contributed by atoms with van der Waals surface area (Å²) < 4.78 is 5.05. The molecule has 0 aromatic carbocycles. The maximum absolute atomic E-state index is 5.05. The van der Waals surface area contributed by atoms with Crippen molar-refractivity contribution in [1.82, 2.24) is 0 Å². The van der Waals surface area contributed by atoms with Crippen LogP contribution in [-0.4, -0.2) is 17.5 Å². The van der Waals surface area contributed by atoms with E-state index in [1.807, 2.05) is 0 Å². The van der Waals surface area contributed by atoms with Gasteiger partial charge in [-0.25, -0.2) is 0 Å². The van der Waals surface area contributed by atoms with Crippen molar-refractivity contribution in [1.29, 1.82) is 0 Å². The zero-order valence-corrected chi connectivity index (χ0v) is 6.65. The van der Waals surface area contributed by atoms with Gasteiger partial charge in [0.15, 0.2) is 0 Å². The van der Waals surface area contributed by atoms with E-state index < -0.39 is 0 Å². The molecular weight excluding hydrogens is 168 g/mol. The lowest BCUT2D eigenvalue weighted by Crippen LogP contribution is -1.99. The predicted molar refractivity (Wildman–Crippen MR) is 37.4 cm³/mol. The van der Waals surface area contributed by atoms with Gasteiger partial charge in [0.1, 0.15) is 0 Å². The fourth-order valence-electron chi connectivity index (χ4n) is 0.656. The molecule has 1 rings (SSSR count). The number of alkyl halides is 1. The third kappa shape index (κ3) is 2.14. The molecule has 2 unspecified atom stereocenters. The molecule has 1 saturated heterocycles. The molecule has 0 N–H and O–H groups in total. The van der Waals surface area contributed by atoms with Crippen molar-refractivity contribution >= 4 is 15.9 Å². The molecule has 1 fully saturated rings. The van der Waals surface area contributed by atoms with Crippen molar-refractivity contribution in [3.63, 3.8) is 0 Å². The topological polar surface area (TPSA) is 12.5 Å². The van der Waals surface area contributed by atoms with Gasteiger partial charge in [-0.2, -0.15) is 0 Å². The Morgan fingerprint density at radius 1 is 1.88 bits per heavy atom. The molecule has 0 saturated carbocycles. The van der Waals surface area contributed by atoms with Crippen molar-refractivity contribution < 1.29 is 4.74 Å².